The average Bonchev–Trinajstić information content (AvgIpc) is 2.79. The second-order valence-corrected chi connectivity index (χ2v) is 8.94. The number of benzene rings is 2. The lowest BCUT2D eigenvalue weighted by Crippen LogP contribution is -2.35. The molecule has 1 atom stereocenters. The molecule has 0 unspecified atom stereocenters. The van der Waals surface area contributed by atoms with Gasteiger partial charge >= 0.3 is 0 Å². The van der Waals surface area contributed by atoms with Crippen molar-refractivity contribution >= 4 is 11.6 Å². The van der Waals surface area contributed by atoms with Crippen LogP contribution in [0.5, 0.6) is 0 Å². The van der Waals surface area contributed by atoms with E-state index in [1.807, 2.05) is 13.8 Å². The zero-order valence-electron chi connectivity index (χ0n) is 19.6. The number of amides is 1. The van der Waals surface area contributed by atoms with Gasteiger partial charge in [0.25, 0.3) is 0 Å². The van der Waals surface area contributed by atoms with Crippen molar-refractivity contribution in [3.63, 3.8) is 0 Å². The zero-order valence-corrected chi connectivity index (χ0v) is 19.6. The van der Waals surface area contributed by atoms with E-state index in [9.17, 15) is 9.18 Å². The van der Waals surface area contributed by atoms with Gasteiger partial charge in [0.15, 0.2) is 0 Å². The maximum absolute atomic E-state index is 13.9. The minimum absolute atomic E-state index is 0.121. The third kappa shape index (κ3) is 5.63. The number of hydrogen-bond donors (Lipinski definition) is 1. The fourth-order valence-corrected chi connectivity index (χ4v) is 4.56. The number of nitrogens with zero attached hydrogens (tertiary/aromatic N) is 3. The quantitative estimate of drug-likeness (QED) is 0.572. The second-order valence-electron chi connectivity index (χ2n) is 8.94. The van der Waals surface area contributed by atoms with E-state index in [1.54, 1.807) is 18.2 Å². The molecule has 1 amide bonds. The summed E-state index contributed by atoms with van der Waals surface area (Å²) in [5, 5.41) is 2.65. The lowest BCUT2D eigenvalue weighted by atomic mass is 9.95. The molecule has 5 nitrogen and oxygen atoms in total. The zero-order chi connectivity index (χ0) is 23.4. The summed E-state index contributed by atoms with van der Waals surface area (Å²) in [6.07, 6.45) is 2.30. The van der Waals surface area contributed by atoms with Crippen LogP contribution in [0.4, 0.5) is 10.1 Å². The molecule has 0 spiro atoms. The molecule has 0 bridgehead atoms. The number of piperidine rings is 1. The van der Waals surface area contributed by atoms with Crippen molar-refractivity contribution in [3.05, 3.63) is 88.3 Å². The van der Waals surface area contributed by atoms with Gasteiger partial charge in [-0.1, -0.05) is 36.4 Å². The highest BCUT2D eigenvalue weighted by Crippen LogP contribution is 2.27. The van der Waals surface area contributed by atoms with Gasteiger partial charge in [-0.05, 0) is 63.4 Å². The monoisotopic (exact) mass is 446 g/mol. The molecule has 2 aromatic carbocycles. The molecule has 1 N–H and O–H groups in total. The highest BCUT2D eigenvalue weighted by molar-refractivity contribution is 5.92. The number of carbonyl (C=O) groups excluding carboxylic acids is 1. The molecule has 0 aliphatic carbocycles. The van der Waals surface area contributed by atoms with Crippen LogP contribution in [0.3, 0.4) is 0 Å². The van der Waals surface area contributed by atoms with Gasteiger partial charge in [-0.2, -0.15) is 0 Å². The fraction of sp³-hybridized carbons (Fsp3) is 0.370. The smallest absolute Gasteiger partial charge is 0.229 e. The fourth-order valence-electron chi connectivity index (χ4n) is 4.56. The van der Waals surface area contributed by atoms with Crippen LogP contribution in [0.2, 0.25) is 0 Å². The number of para-hydroxylation sites is 1. The summed E-state index contributed by atoms with van der Waals surface area (Å²) in [7, 11) is 0. The Morgan fingerprint density at radius 3 is 2.48 bits per heavy atom. The van der Waals surface area contributed by atoms with Crippen molar-refractivity contribution in [3.8, 4) is 0 Å². The first-order chi connectivity index (χ1) is 15.9. The lowest BCUT2D eigenvalue weighted by molar-refractivity contribution is -0.115. The van der Waals surface area contributed by atoms with Crippen molar-refractivity contribution in [2.45, 2.75) is 52.5 Å². The van der Waals surface area contributed by atoms with Crippen LogP contribution in [0.1, 0.15) is 52.7 Å². The Hall–Kier alpha value is -3.12. The number of aromatic nitrogens is 2. The van der Waals surface area contributed by atoms with Gasteiger partial charge in [0.05, 0.1) is 12.1 Å². The molecule has 6 heteroatoms. The number of aryl methyl sites for hydroxylation is 3. The first-order valence-electron chi connectivity index (χ1n) is 11.6. The predicted molar refractivity (Wildman–Crippen MR) is 129 cm³/mol. The maximum Gasteiger partial charge on any atom is 0.229 e. The van der Waals surface area contributed by atoms with Gasteiger partial charge in [0.1, 0.15) is 11.6 Å². The summed E-state index contributed by atoms with van der Waals surface area (Å²) in [6, 6.07) is 14.7. The summed E-state index contributed by atoms with van der Waals surface area (Å²) < 4.78 is 13.9. The van der Waals surface area contributed by atoms with Crippen molar-refractivity contribution in [2.24, 2.45) is 0 Å². The standard InChI is InChI=1S/C27H31FN4O/c1-18-9-4-5-10-21(18)16-32-14-8-11-22(17-32)27-29-19(2)23(20(3)30-27)15-26(33)31-25-13-7-6-12-24(25)28/h4-7,9-10,12-13,22H,8,11,14-17H2,1-3H3,(H,31,33)/t22-/m1/s1. The molecule has 1 aliphatic heterocycles. The minimum atomic E-state index is -0.446. The van der Waals surface area contributed by atoms with Crippen LogP contribution in [0.25, 0.3) is 0 Å². The Bertz CT molecular complexity index is 1120. The van der Waals surface area contributed by atoms with Gasteiger partial charge in [0.2, 0.25) is 5.91 Å². The van der Waals surface area contributed by atoms with E-state index in [0.717, 1.165) is 55.3 Å². The molecule has 1 fully saturated rings. The highest BCUT2D eigenvalue weighted by Gasteiger charge is 2.25. The molecule has 1 aliphatic rings. The molecule has 0 radical (unpaired) electrons. The Morgan fingerprint density at radius 2 is 1.76 bits per heavy atom. The first-order valence-corrected chi connectivity index (χ1v) is 11.6. The van der Waals surface area contributed by atoms with Crippen molar-refractivity contribution in [2.75, 3.05) is 18.4 Å². The van der Waals surface area contributed by atoms with Gasteiger partial charge < -0.3 is 5.32 Å². The van der Waals surface area contributed by atoms with Crippen molar-refractivity contribution in [1.82, 2.24) is 14.9 Å². The summed E-state index contributed by atoms with van der Waals surface area (Å²) >= 11 is 0. The second kappa shape index (κ2) is 10.2. The first kappa shape index (κ1) is 23.1. The predicted octanol–water partition coefficient (Wildman–Crippen LogP) is 5.10. The van der Waals surface area contributed by atoms with E-state index in [0.29, 0.717) is 0 Å². The van der Waals surface area contributed by atoms with E-state index in [1.165, 1.54) is 17.2 Å². The SMILES string of the molecule is Cc1ccccc1CN1CCC[C@@H](c2nc(C)c(CC(=O)Nc3ccccc3F)c(C)n2)C1. The van der Waals surface area contributed by atoms with E-state index in [4.69, 9.17) is 9.97 Å². The maximum atomic E-state index is 13.9. The van der Waals surface area contributed by atoms with E-state index in [-0.39, 0.29) is 23.9 Å². The molecule has 33 heavy (non-hydrogen) atoms. The summed E-state index contributed by atoms with van der Waals surface area (Å²) in [5.74, 6) is 0.419. The number of hydrogen-bond acceptors (Lipinski definition) is 4. The van der Waals surface area contributed by atoms with Crippen LogP contribution < -0.4 is 5.32 Å². The average molecular weight is 447 g/mol. The van der Waals surface area contributed by atoms with Crippen molar-refractivity contribution in [1.29, 1.82) is 0 Å². The molecular weight excluding hydrogens is 415 g/mol. The van der Waals surface area contributed by atoms with Crippen molar-refractivity contribution < 1.29 is 9.18 Å². The van der Waals surface area contributed by atoms with E-state index in [2.05, 4.69) is 41.4 Å². The number of halogens is 1. The molecule has 1 saturated heterocycles. The topological polar surface area (TPSA) is 58.1 Å². The van der Waals surface area contributed by atoms with Crippen LogP contribution in [0.15, 0.2) is 48.5 Å². The number of carbonyl (C=O) groups is 1. The number of anilines is 1. The normalized spacial score (nSPS) is 16.5. The third-order valence-electron chi connectivity index (χ3n) is 6.45. The molecule has 0 saturated carbocycles. The van der Waals surface area contributed by atoms with Gasteiger partial charge in [0, 0.05) is 36.0 Å². The Kier molecular flexibility index (Phi) is 7.14. The largest absolute Gasteiger partial charge is 0.323 e. The van der Waals surface area contributed by atoms with Gasteiger partial charge in [-0.25, -0.2) is 14.4 Å². The minimum Gasteiger partial charge on any atom is -0.323 e. The van der Waals surface area contributed by atoms with Gasteiger partial charge in [-0.3, -0.25) is 9.69 Å². The Morgan fingerprint density at radius 1 is 1.06 bits per heavy atom. The van der Waals surface area contributed by atoms with Gasteiger partial charge in [-0.15, -0.1) is 0 Å². The summed E-state index contributed by atoms with van der Waals surface area (Å²) in [5.41, 5.74) is 5.31. The Balaban J connectivity index is 1.44. The lowest BCUT2D eigenvalue weighted by Gasteiger charge is -2.32. The summed E-state index contributed by atoms with van der Waals surface area (Å²) in [4.78, 5) is 24.6. The molecule has 1 aromatic heterocycles. The Labute approximate surface area is 195 Å². The van der Waals surface area contributed by atoms with E-state index >= 15 is 0 Å². The molecule has 172 valence electrons. The third-order valence-corrected chi connectivity index (χ3v) is 6.45. The van der Waals surface area contributed by atoms with Crippen LogP contribution in [0, 0.1) is 26.6 Å². The number of rotatable bonds is 6. The van der Waals surface area contributed by atoms with Crippen LogP contribution >= 0.6 is 0 Å². The molecular formula is C27H31FN4O. The summed E-state index contributed by atoms with van der Waals surface area (Å²) in [6.45, 7) is 8.97. The molecule has 3 aromatic rings. The molecule has 2 heterocycles. The highest BCUT2D eigenvalue weighted by atomic mass is 19.1. The number of nitrogens with one attached hydrogen (secondary N) is 1. The van der Waals surface area contributed by atoms with E-state index < -0.39 is 5.82 Å². The van der Waals surface area contributed by atoms with Crippen LogP contribution in [-0.2, 0) is 17.8 Å². The molecule has 4 rings (SSSR count). The number of likely N-dealkylation sites (tertiary alicyclic amines) is 1. The van der Waals surface area contributed by atoms with Crippen LogP contribution in [-0.4, -0.2) is 33.9 Å².